The quantitative estimate of drug-likeness (QED) is 0.460. The second kappa shape index (κ2) is 5.74. The molecule has 4 N–H and O–H groups in total. The van der Waals surface area contributed by atoms with Gasteiger partial charge >= 0.3 is 0 Å². The van der Waals surface area contributed by atoms with Crippen molar-refractivity contribution in [3.05, 3.63) is 17.8 Å². The number of hydrazine groups is 1. The Labute approximate surface area is 105 Å². The maximum atomic E-state index is 11.7. The van der Waals surface area contributed by atoms with Crippen molar-refractivity contribution in [2.24, 2.45) is 5.84 Å². The number of hydrogen-bond acceptors (Lipinski definition) is 7. The van der Waals surface area contributed by atoms with Gasteiger partial charge in [0.2, 0.25) is 0 Å². The third kappa shape index (κ3) is 4.63. The fourth-order valence-electron chi connectivity index (χ4n) is 1.32. The first-order valence-electron chi connectivity index (χ1n) is 5.11. The van der Waals surface area contributed by atoms with Crippen molar-refractivity contribution in [3.8, 4) is 0 Å². The van der Waals surface area contributed by atoms with E-state index in [9.17, 15) is 13.2 Å². The number of hydrogen-bond donors (Lipinski definition) is 3. The van der Waals surface area contributed by atoms with Crippen LogP contribution in [0.3, 0.4) is 0 Å². The number of nitrogens with zero attached hydrogens (tertiary/aromatic N) is 2. The lowest BCUT2D eigenvalue weighted by Crippen LogP contribution is -2.37. The van der Waals surface area contributed by atoms with Crippen LogP contribution in [0, 0.1) is 0 Å². The molecule has 1 unspecified atom stereocenters. The van der Waals surface area contributed by atoms with Crippen LogP contribution >= 0.6 is 0 Å². The molecule has 1 aromatic heterocycles. The van der Waals surface area contributed by atoms with Gasteiger partial charge in [-0.2, -0.15) is 0 Å². The van der Waals surface area contributed by atoms with Crippen LogP contribution in [-0.2, 0) is 9.84 Å². The van der Waals surface area contributed by atoms with Crippen molar-refractivity contribution in [2.45, 2.75) is 13.0 Å². The van der Waals surface area contributed by atoms with E-state index in [0.29, 0.717) is 5.82 Å². The van der Waals surface area contributed by atoms with Crippen molar-refractivity contribution >= 4 is 21.6 Å². The summed E-state index contributed by atoms with van der Waals surface area (Å²) in [6.07, 6.45) is 1.11. The fourth-order valence-corrected chi connectivity index (χ4v) is 2.32. The largest absolute Gasteiger partial charge is 0.347 e. The summed E-state index contributed by atoms with van der Waals surface area (Å²) in [7, 11) is -3.14. The van der Waals surface area contributed by atoms with Gasteiger partial charge in [-0.05, 0) is 19.1 Å². The van der Waals surface area contributed by atoms with Gasteiger partial charge in [0.1, 0.15) is 9.84 Å². The highest BCUT2D eigenvalue weighted by molar-refractivity contribution is 7.90. The number of sulfone groups is 1. The van der Waals surface area contributed by atoms with Crippen LogP contribution in [0.5, 0.6) is 0 Å². The molecular formula is C9H15N5O3S. The predicted molar refractivity (Wildman–Crippen MR) is 66.5 cm³/mol. The molecule has 1 amide bonds. The Morgan fingerprint density at radius 1 is 1.44 bits per heavy atom. The minimum Gasteiger partial charge on any atom is -0.347 e. The minimum atomic E-state index is -3.14. The van der Waals surface area contributed by atoms with Gasteiger partial charge in [0.25, 0.3) is 5.91 Å². The van der Waals surface area contributed by atoms with Gasteiger partial charge < -0.3 is 10.7 Å². The smallest absolute Gasteiger partial charge is 0.272 e. The number of carbonyl (C=O) groups excluding carboxylic acids is 1. The summed E-state index contributed by atoms with van der Waals surface area (Å²) in [6.45, 7) is 1.60. The SMILES string of the molecule is CC(CS(C)(=O)=O)NC(=O)c1ccc(NN)nn1. The molecule has 9 heteroatoms. The van der Waals surface area contributed by atoms with E-state index in [4.69, 9.17) is 5.84 Å². The van der Waals surface area contributed by atoms with Gasteiger partial charge in [-0.25, -0.2) is 14.3 Å². The Morgan fingerprint density at radius 2 is 2.11 bits per heavy atom. The predicted octanol–water partition coefficient (Wildman–Crippen LogP) is -1.07. The Bertz CT molecular complexity index is 514. The number of nitrogen functional groups attached to an aromatic ring is 1. The van der Waals surface area contributed by atoms with Gasteiger partial charge in [-0.1, -0.05) is 0 Å². The molecule has 0 spiro atoms. The average Bonchev–Trinajstić information content (AvgIpc) is 2.26. The molecule has 1 rings (SSSR count). The monoisotopic (exact) mass is 273 g/mol. The van der Waals surface area contributed by atoms with E-state index in [1.165, 1.54) is 12.1 Å². The Kier molecular flexibility index (Phi) is 4.56. The minimum absolute atomic E-state index is 0.0920. The van der Waals surface area contributed by atoms with E-state index >= 15 is 0 Å². The molecule has 0 aliphatic carbocycles. The Hall–Kier alpha value is -1.74. The zero-order valence-corrected chi connectivity index (χ0v) is 10.9. The fraction of sp³-hybridized carbons (Fsp3) is 0.444. The zero-order chi connectivity index (χ0) is 13.8. The maximum absolute atomic E-state index is 11.7. The summed E-state index contributed by atoms with van der Waals surface area (Å²) in [5, 5.41) is 9.80. The molecule has 1 heterocycles. The van der Waals surface area contributed by atoms with Crippen LogP contribution in [0.4, 0.5) is 5.82 Å². The van der Waals surface area contributed by atoms with Crippen molar-refractivity contribution in [3.63, 3.8) is 0 Å². The molecule has 100 valence electrons. The molecule has 0 bridgehead atoms. The van der Waals surface area contributed by atoms with Crippen LogP contribution in [0.15, 0.2) is 12.1 Å². The highest BCUT2D eigenvalue weighted by Gasteiger charge is 2.15. The number of carbonyl (C=O) groups is 1. The lowest BCUT2D eigenvalue weighted by molar-refractivity contribution is 0.0937. The summed E-state index contributed by atoms with van der Waals surface area (Å²) < 4.78 is 22.1. The lowest BCUT2D eigenvalue weighted by Gasteiger charge is -2.11. The van der Waals surface area contributed by atoms with Gasteiger partial charge in [-0.15, -0.1) is 10.2 Å². The topological polar surface area (TPSA) is 127 Å². The van der Waals surface area contributed by atoms with E-state index in [1.54, 1.807) is 6.92 Å². The number of nitrogens with two attached hydrogens (primary N) is 1. The summed E-state index contributed by atoms with van der Waals surface area (Å²) in [5.74, 6) is 4.82. The van der Waals surface area contributed by atoms with Gasteiger partial charge in [0, 0.05) is 12.3 Å². The van der Waals surface area contributed by atoms with Crippen LogP contribution in [0.25, 0.3) is 0 Å². The highest BCUT2D eigenvalue weighted by Crippen LogP contribution is 2.00. The van der Waals surface area contributed by atoms with Gasteiger partial charge in [0.05, 0.1) is 5.75 Å². The van der Waals surface area contributed by atoms with E-state index in [-0.39, 0.29) is 11.4 Å². The summed E-state index contributed by atoms with van der Waals surface area (Å²) in [5.41, 5.74) is 2.37. The molecule has 0 radical (unpaired) electrons. The van der Waals surface area contributed by atoms with Crippen LogP contribution in [0.1, 0.15) is 17.4 Å². The molecule has 8 nitrogen and oxygen atoms in total. The van der Waals surface area contributed by atoms with Crippen molar-refractivity contribution in [2.75, 3.05) is 17.4 Å². The molecule has 0 saturated heterocycles. The summed E-state index contributed by atoms with van der Waals surface area (Å²) >= 11 is 0. The first-order valence-corrected chi connectivity index (χ1v) is 7.17. The molecule has 1 aromatic rings. The molecule has 1 atom stereocenters. The normalized spacial score (nSPS) is 12.8. The molecule has 18 heavy (non-hydrogen) atoms. The Balaban J connectivity index is 2.64. The maximum Gasteiger partial charge on any atom is 0.272 e. The molecule has 0 aliphatic rings. The van der Waals surface area contributed by atoms with Crippen molar-refractivity contribution in [1.82, 2.24) is 15.5 Å². The molecule has 0 saturated carbocycles. The second-order valence-electron chi connectivity index (χ2n) is 3.92. The first-order chi connectivity index (χ1) is 8.31. The third-order valence-electron chi connectivity index (χ3n) is 1.98. The average molecular weight is 273 g/mol. The molecular weight excluding hydrogens is 258 g/mol. The van der Waals surface area contributed by atoms with Crippen molar-refractivity contribution < 1.29 is 13.2 Å². The number of anilines is 1. The highest BCUT2D eigenvalue weighted by atomic mass is 32.2. The third-order valence-corrected chi connectivity index (χ3v) is 3.08. The van der Waals surface area contributed by atoms with E-state index in [0.717, 1.165) is 6.26 Å². The number of aromatic nitrogens is 2. The zero-order valence-electron chi connectivity index (χ0n) is 10.0. The van der Waals surface area contributed by atoms with Crippen molar-refractivity contribution in [1.29, 1.82) is 0 Å². The summed E-state index contributed by atoms with van der Waals surface area (Å²) in [6, 6.07) is 2.43. The number of rotatable bonds is 5. The van der Waals surface area contributed by atoms with Gasteiger partial charge in [-0.3, -0.25) is 4.79 Å². The second-order valence-corrected chi connectivity index (χ2v) is 6.10. The van der Waals surface area contributed by atoms with E-state index in [2.05, 4.69) is 20.9 Å². The molecule has 0 aliphatic heterocycles. The van der Waals surface area contributed by atoms with Crippen LogP contribution in [0.2, 0.25) is 0 Å². The number of amides is 1. The van der Waals surface area contributed by atoms with E-state index in [1.807, 2.05) is 0 Å². The molecule has 0 aromatic carbocycles. The van der Waals surface area contributed by atoms with Gasteiger partial charge in [0.15, 0.2) is 11.5 Å². The molecule has 0 fully saturated rings. The van der Waals surface area contributed by atoms with Crippen LogP contribution in [-0.4, -0.2) is 42.6 Å². The van der Waals surface area contributed by atoms with Crippen LogP contribution < -0.4 is 16.6 Å². The standard InChI is InChI=1S/C9H15N5O3S/c1-6(5-18(2,16)17)11-9(15)7-3-4-8(12-10)14-13-7/h3-4,6H,5,10H2,1-2H3,(H,11,15)(H,12,14). The summed E-state index contributed by atoms with van der Waals surface area (Å²) in [4.78, 5) is 11.7. The Morgan fingerprint density at radius 3 is 2.56 bits per heavy atom. The number of nitrogens with one attached hydrogen (secondary N) is 2. The lowest BCUT2D eigenvalue weighted by atomic mass is 10.3. The first kappa shape index (κ1) is 14.3. The van der Waals surface area contributed by atoms with E-state index < -0.39 is 21.8 Å².